The summed E-state index contributed by atoms with van der Waals surface area (Å²) in [5, 5.41) is 17.1. The van der Waals surface area contributed by atoms with Crippen molar-refractivity contribution >= 4 is 0 Å². The van der Waals surface area contributed by atoms with E-state index in [9.17, 15) is 9.50 Å². The Labute approximate surface area is 112 Å². The summed E-state index contributed by atoms with van der Waals surface area (Å²) in [6.07, 6.45) is 0. The van der Waals surface area contributed by atoms with Gasteiger partial charge in [0.05, 0.1) is 18.0 Å². The number of halogens is 1. The number of benzene rings is 1. The first-order valence-electron chi connectivity index (χ1n) is 6.26. The molecule has 0 spiro atoms. The molecule has 0 bridgehead atoms. The van der Waals surface area contributed by atoms with Crippen LogP contribution in [-0.2, 0) is 6.61 Å². The summed E-state index contributed by atoms with van der Waals surface area (Å²) >= 11 is 0. The number of hydrogen-bond donors (Lipinski definition) is 1. The van der Waals surface area contributed by atoms with Crippen LogP contribution < -0.4 is 0 Å². The standard InChI is InChI=1S/C15H17FN2O/c1-9(2)11-4-5-12(14(16)7-11)13-6-10(3)17-18-15(13)8-19/h4-7,9,19H,8H2,1-3H3. The molecule has 2 rings (SSSR count). The maximum atomic E-state index is 14.2. The molecule has 0 aliphatic heterocycles. The maximum absolute atomic E-state index is 14.2. The van der Waals surface area contributed by atoms with Gasteiger partial charge in [0.25, 0.3) is 0 Å². The third-order valence-electron chi connectivity index (χ3n) is 3.09. The molecule has 1 N–H and O–H groups in total. The molecule has 3 nitrogen and oxygen atoms in total. The van der Waals surface area contributed by atoms with Gasteiger partial charge >= 0.3 is 0 Å². The molecule has 0 aliphatic rings. The normalized spacial score (nSPS) is 11.1. The van der Waals surface area contributed by atoms with E-state index < -0.39 is 0 Å². The average molecular weight is 260 g/mol. The van der Waals surface area contributed by atoms with E-state index in [0.717, 1.165) is 5.56 Å². The molecule has 0 fully saturated rings. The highest BCUT2D eigenvalue weighted by Crippen LogP contribution is 2.28. The molecule has 4 heteroatoms. The van der Waals surface area contributed by atoms with Crippen molar-refractivity contribution in [3.8, 4) is 11.1 Å². The summed E-state index contributed by atoms with van der Waals surface area (Å²) in [5.74, 6) is -0.0218. The van der Waals surface area contributed by atoms with Crippen LogP contribution in [0, 0.1) is 12.7 Å². The lowest BCUT2D eigenvalue weighted by Crippen LogP contribution is -2.00. The molecule has 19 heavy (non-hydrogen) atoms. The third kappa shape index (κ3) is 2.79. The van der Waals surface area contributed by atoms with Gasteiger partial charge in [-0.25, -0.2) is 4.39 Å². The van der Waals surface area contributed by atoms with Gasteiger partial charge in [0, 0.05) is 11.1 Å². The molecule has 2 aromatic rings. The molecule has 100 valence electrons. The minimum Gasteiger partial charge on any atom is -0.390 e. The molecule has 0 saturated carbocycles. The van der Waals surface area contributed by atoms with E-state index in [1.54, 1.807) is 19.1 Å². The molecule has 1 aromatic carbocycles. The Kier molecular flexibility index (Phi) is 3.90. The summed E-state index contributed by atoms with van der Waals surface area (Å²) in [6.45, 7) is 5.57. The van der Waals surface area contributed by atoms with E-state index in [4.69, 9.17) is 0 Å². The SMILES string of the molecule is Cc1cc(-c2ccc(C(C)C)cc2F)c(CO)nn1. The Bertz CT molecular complexity index is 597. The molecule has 1 heterocycles. The Morgan fingerprint density at radius 2 is 1.89 bits per heavy atom. The molecule has 1 aromatic heterocycles. The zero-order chi connectivity index (χ0) is 14.0. The van der Waals surface area contributed by atoms with Crippen LogP contribution in [-0.4, -0.2) is 15.3 Å². The van der Waals surface area contributed by atoms with Gasteiger partial charge in [0.15, 0.2) is 0 Å². The Balaban J connectivity index is 2.56. The number of nitrogens with zero attached hydrogens (tertiary/aromatic N) is 2. The smallest absolute Gasteiger partial charge is 0.131 e. The monoisotopic (exact) mass is 260 g/mol. The largest absolute Gasteiger partial charge is 0.390 e. The molecule has 0 saturated heterocycles. The summed E-state index contributed by atoms with van der Waals surface area (Å²) < 4.78 is 14.2. The highest BCUT2D eigenvalue weighted by atomic mass is 19.1. The van der Waals surface area contributed by atoms with Crippen molar-refractivity contribution in [1.29, 1.82) is 0 Å². The van der Waals surface area contributed by atoms with Crippen molar-refractivity contribution in [2.24, 2.45) is 0 Å². The number of aliphatic hydroxyl groups is 1. The van der Waals surface area contributed by atoms with Crippen LogP contribution in [0.2, 0.25) is 0 Å². The van der Waals surface area contributed by atoms with Crippen molar-refractivity contribution in [1.82, 2.24) is 10.2 Å². The van der Waals surface area contributed by atoms with Crippen LogP contribution >= 0.6 is 0 Å². The van der Waals surface area contributed by atoms with Gasteiger partial charge in [0.2, 0.25) is 0 Å². The molecule has 0 unspecified atom stereocenters. The van der Waals surface area contributed by atoms with Crippen molar-refractivity contribution in [2.45, 2.75) is 33.3 Å². The highest BCUT2D eigenvalue weighted by Gasteiger charge is 2.13. The predicted octanol–water partition coefficient (Wildman–Crippen LogP) is 3.21. The molecular formula is C15H17FN2O. The highest BCUT2D eigenvalue weighted by molar-refractivity contribution is 5.67. The number of rotatable bonds is 3. The van der Waals surface area contributed by atoms with Crippen LogP contribution in [0.1, 0.15) is 36.7 Å². The fourth-order valence-electron chi connectivity index (χ4n) is 1.97. The van der Waals surface area contributed by atoms with Crippen LogP contribution in [0.5, 0.6) is 0 Å². The molecule has 0 atom stereocenters. The van der Waals surface area contributed by atoms with E-state index in [1.807, 2.05) is 19.9 Å². The van der Waals surface area contributed by atoms with Crippen molar-refractivity contribution < 1.29 is 9.50 Å². The minimum absolute atomic E-state index is 0.256. The fourth-order valence-corrected chi connectivity index (χ4v) is 1.97. The number of aliphatic hydroxyl groups excluding tert-OH is 1. The Hall–Kier alpha value is -1.81. The first-order chi connectivity index (χ1) is 9.02. The maximum Gasteiger partial charge on any atom is 0.131 e. The van der Waals surface area contributed by atoms with Gasteiger partial charge < -0.3 is 5.11 Å². The number of aryl methyl sites for hydroxylation is 1. The Morgan fingerprint density at radius 1 is 1.16 bits per heavy atom. The summed E-state index contributed by atoms with van der Waals surface area (Å²) in [4.78, 5) is 0. The van der Waals surface area contributed by atoms with Crippen molar-refractivity contribution in [2.75, 3.05) is 0 Å². The van der Waals surface area contributed by atoms with Gasteiger partial charge in [-0.1, -0.05) is 26.0 Å². The molecule has 0 radical (unpaired) electrons. The third-order valence-corrected chi connectivity index (χ3v) is 3.09. The zero-order valence-corrected chi connectivity index (χ0v) is 11.3. The van der Waals surface area contributed by atoms with Crippen molar-refractivity contribution in [3.05, 3.63) is 47.0 Å². The molecule has 0 amide bonds. The van der Waals surface area contributed by atoms with Gasteiger partial charge in [-0.05, 0) is 30.5 Å². The van der Waals surface area contributed by atoms with E-state index in [0.29, 0.717) is 22.5 Å². The van der Waals surface area contributed by atoms with Gasteiger partial charge in [-0.15, -0.1) is 0 Å². The zero-order valence-electron chi connectivity index (χ0n) is 11.3. The fraction of sp³-hybridized carbons (Fsp3) is 0.333. The summed E-state index contributed by atoms with van der Waals surface area (Å²) in [6, 6.07) is 6.92. The van der Waals surface area contributed by atoms with Crippen LogP contribution in [0.4, 0.5) is 4.39 Å². The van der Waals surface area contributed by atoms with Crippen LogP contribution in [0.25, 0.3) is 11.1 Å². The molecule has 0 aliphatic carbocycles. The van der Waals surface area contributed by atoms with Gasteiger partial charge in [-0.2, -0.15) is 10.2 Å². The lowest BCUT2D eigenvalue weighted by molar-refractivity contribution is 0.276. The van der Waals surface area contributed by atoms with Crippen LogP contribution in [0.3, 0.4) is 0 Å². The minimum atomic E-state index is -0.298. The summed E-state index contributed by atoms with van der Waals surface area (Å²) in [5.41, 5.74) is 3.08. The first-order valence-corrected chi connectivity index (χ1v) is 6.26. The topological polar surface area (TPSA) is 46.0 Å². The van der Waals surface area contributed by atoms with Gasteiger partial charge in [0.1, 0.15) is 5.82 Å². The predicted molar refractivity (Wildman–Crippen MR) is 72.2 cm³/mol. The number of aromatic nitrogens is 2. The van der Waals surface area contributed by atoms with E-state index in [-0.39, 0.29) is 18.3 Å². The second kappa shape index (κ2) is 5.45. The quantitative estimate of drug-likeness (QED) is 0.921. The van der Waals surface area contributed by atoms with Crippen LogP contribution in [0.15, 0.2) is 24.3 Å². The van der Waals surface area contributed by atoms with Crippen molar-refractivity contribution in [3.63, 3.8) is 0 Å². The van der Waals surface area contributed by atoms with Gasteiger partial charge in [-0.3, -0.25) is 0 Å². The lowest BCUT2D eigenvalue weighted by atomic mass is 9.97. The second-order valence-corrected chi connectivity index (χ2v) is 4.90. The number of hydrogen-bond acceptors (Lipinski definition) is 3. The summed E-state index contributed by atoms with van der Waals surface area (Å²) in [7, 11) is 0. The van der Waals surface area contributed by atoms with E-state index in [1.165, 1.54) is 6.07 Å². The first kappa shape index (κ1) is 13.6. The Morgan fingerprint density at radius 3 is 2.47 bits per heavy atom. The van der Waals surface area contributed by atoms with E-state index in [2.05, 4.69) is 10.2 Å². The lowest BCUT2D eigenvalue weighted by Gasteiger charge is -2.11. The molecular weight excluding hydrogens is 243 g/mol. The van der Waals surface area contributed by atoms with E-state index >= 15 is 0 Å². The average Bonchev–Trinajstić information content (AvgIpc) is 2.38. The second-order valence-electron chi connectivity index (χ2n) is 4.90.